The minimum atomic E-state index is -1.05. The Hall–Kier alpha value is -4.78. The van der Waals surface area contributed by atoms with Crippen molar-refractivity contribution in [3.05, 3.63) is 113 Å². The quantitative estimate of drug-likeness (QED) is 0.388. The molecule has 2 heterocycles. The second-order valence-electron chi connectivity index (χ2n) is 7.83. The van der Waals surface area contributed by atoms with Gasteiger partial charge in [-0.1, -0.05) is 30.3 Å². The van der Waals surface area contributed by atoms with Crippen LogP contribution in [0.1, 0.15) is 32.9 Å². The number of para-hydroxylation sites is 2. The van der Waals surface area contributed by atoms with E-state index in [9.17, 15) is 9.90 Å². The van der Waals surface area contributed by atoms with Crippen LogP contribution in [-0.4, -0.2) is 28.5 Å². The Kier molecular flexibility index (Phi) is 6.30. The zero-order chi connectivity index (χ0) is 24.0. The van der Waals surface area contributed by atoms with Crippen molar-refractivity contribution in [3.8, 4) is 11.5 Å². The Balaban J connectivity index is 1.60. The fraction of sp³-hybridized carbons (Fsp3) is 0.0714. The SMILES string of the molecule is O=C(O)c1cc2cc(c1)N=Cc1ccccc1OCc1cccc(n1)COc1ccccc1C=N2. The lowest BCUT2D eigenvalue weighted by Gasteiger charge is -2.11. The number of hydrogen-bond donors (Lipinski definition) is 1. The van der Waals surface area contributed by atoms with Crippen LogP contribution < -0.4 is 9.47 Å². The average Bonchev–Trinajstić information content (AvgIpc) is 2.89. The molecule has 0 unspecified atom stereocenters. The van der Waals surface area contributed by atoms with Gasteiger partial charge >= 0.3 is 5.97 Å². The minimum absolute atomic E-state index is 0.0971. The van der Waals surface area contributed by atoms with Gasteiger partial charge in [0.2, 0.25) is 0 Å². The zero-order valence-electron chi connectivity index (χ0n) is 18.7. The molecule has 7 heteroatoms. The molecular weight excluding hydrogens is 442 g/mol. The molecule has 4 aromatic rings. The summed E-state index contributed by atoms with van der Waals surface area (Å²) in [7, 11) is 0. The van der Waals surface area contributed by atoms with Crippen molar-refractivity contribution in [2.24, 2.45) is 9.98 Å². The maximum absolute atomic E-state index is 11.7. The molecule has 1 aliphatic heterocycles. The van der Waals surface area contributed by atoms with Gasteiger partial charge in [-0.2, -0.15) is 0 Å². The van der Waals surface area contributed by atoms with Gasteiger partial charge in [0.1, 0.15) is 24.7 Å². The van der Waals surface area contributed by atoms with Gasteiger partial charge in [-0.3, -0.25) is 15.0 Å². The summed E-state index contributed by atoms with van der Waals surface area (Å²) >= 11 is 0. The number of hydrogen-bond acceptors (Lipinski definition) is 6. The molecular formula is C28H21N3O4. The number of ether oxygens (including phenoxy) is 2. The first-order valence-corrected chi connectivity index (χ1v) is 11.0. The number of carboxylic acids is 1. The van der Waals surface area contributed by atoms with E-state index >= 15 is 0 Å². The van der Waals surface area contributed by atoms with Gasteiger partial charge in [-0.05, 0) is 54.6 Å². The molecule has 3 aromatic carbocycles. The van der Waals surface area contributed by atoms with E-state index in [1.54, 1.807) is 18.5 Å². The lowest BCUT2D eigenvalue weighted by Crippen LogP contribution is -2.05. The molecule has 5 rings (SSSR count). The summed E-state index contributed by atoms with van der Waals surface area (Å²) in [6.07, 6.45) is 3.31. The van der Waals surface area contributed by atoms with Crippen molar-refractivity contribution in [1.29, 1.82) is 0 Å². The maximum Gasteiger partial charge on any atom is 0.335 e. The molecule has 1 N–H and O–H groups in total. The molecule has 0 saturated carbocycles. The molecule has 0 atom stereocenters. The van der Waals surface area contributed by atoms with Gasteiger partial charge < -0.3 is 14.6 Å². The predicted octanol–water partition coefficient (Wildman–Crippen LogP) is 5.75. The van der Waals surface area contributed by atoms with Crippen LogP contribution in [0.25, 0.3) is 0 Å². The van der Waals surface area contributed by atoms with E-state index in [1.807, 2.05) is 66.7 Å². The molecule has 0 spiro atoms. The molecule has 35 heavy (non-hydrogen) atoms. The second-order valence-corrected chi connectivity index (χ2v) is 7.83. The number of pyridine rings is 1. The Labute approximate surface area is 202 Å². The highest BCUT2D eigenvalue weighted by Crippen LogP contribution is 2.26. The van der Waals surface area contributed by atoms with Gasteiger partial charge in [-0.15, -0.1) is 0 Å². The van der Waals surface area contributed by atoms with Crippen LogP contribution in [-0.2, 0) is 13.2 Å². The first kappa shape index (κ1) is 22.0. The molecule has 0 saturated heterocycles. The number of aromatic nitrogens is 1. The van der Waals surface area contributed by atoms with Crippen molar-refractivity contribution < 1.29 is 19.4 Å². The number of carbonyl (C=O) groups is 1. The van der Waals surface area contributed by atoms with Gasteiger partial charge in [0.15, 0.2) is 0 Å². The fourth-order valence-electron chi connectivity index (χ4n) is 3.59. The molecule has 0 aliphatic carbocycles. The summed E-state index contributed by atoms with van der Waals surface area (Å²) in [5.74, 6) is 0.228. The number of nitrogens with zero attached hydrogens (tertiary/aromatic N) is 3. The number of rotatable bonds is 1. The maximum atomic E-state index is 11.7. The van der Waals surface area contributed by atoms with Crippen LogP contribution in [0.3, 0.4) is 0 Å². The molecule has 0 amide bonds. The van der Waals surface area contributed by atoms with Gasteiger partial charge in [0.25, 0.3) is 0 Å². The summed E-state index contributed by atoms with van der Waals surface area (Å²) in [5.41, 5.74) is 4.08. The van der Waals surface area contributed by atoms with Gasteiger partial charge in [0, 0.05) is 23.6 Å². The van der Waals surface area contributed by atoms with Crippen LogP contribution in [0.2, 0.25) is 0 Å². The van der Waals surface area contributed by atoms with E-state index in [0.717, 1.165) is 22.5 Å². The summed E-state index contributed by atoms with van der Waals surface area (Å²) < 4.78 is 12.1. The van der Waals surface area contributed by atoms with Crippen molar-refractivity contribution in [2.45, 2.75) is 13.2 Å². The lowest BCUT2D eigenvalue weighted by molar-refractivity contribution is 0.0697. The van der Waals surface area contributed by atoms with Gasteiger partial charge in [0.05, 0.1) is 28.3 Å². The Morgan fingerprint density at radius 2 is 1.20 bits per heavy atom. The molecule has 0 fully saturated rings. The average molecular weight is 463 g/mol. The minimum Gasteiger partial charge on any atom is -0.487 e. The lowest BCUT2D eigenvalue weighted by atomic mass is 10.1. The summed E-state index contributed by atoms with van der Waals surface area (Å²) in [6.45, 7) is 0.557. The smallest absolute Gasteiger partial charge is 0.335 e. The third kappa shape index (κ3) is 5.42. The Morgan fingerprint density at radius 1 is 0.686 bits per heavy atom. The van der Waals surface area contributed by atoms with E-state index in [0.29, 0.717) is 22.9 Å². The van der Waals surface area contributed by atoms with E-state index in [2.05, 4.69) is 15.0 Å². The molecule has 1 aliphatic rings. The number of fused-ring (bicyclic) bond motifs is 6. The van der Waals surface area contributed by atoms with E-state index in [-0.39, 0.29) is 18.8 Å². The van der Waals surface area contributed by atoms with Crippen molar-refractivity contribution in [3.63, 3.8) is 0 Å². The van der Waals surface area contributed by atoms with Crippen LogP contribution in [0, 0.1) is 0 Å². The number of aliphatic imine (C=N–C) groups is 2. The fourth-order valence-corrected chi connectivity index (χ4v) is 3.59. The van der Waals surface area contributed by atoms with Crippen LogP contribution >= 0.6 is 0 Å². The highest BCUT2D eigenvalue weighted by Gasteiger charge is 2.09. The molecule has 1 aromatic heterocycles. The third-order valence-corrected chi connectivity index (χ3v) is 5.31. The van der Waals surface area contributed by atoms with Crippen molar-refractivity contribution in [1.82, 2.24) is 4.98 Å². The topological polar surface area (TPSA) is 93.4 Å². The normalized spacial score (nSPS) is 12.8. The van der Waals surface area contributed by atoms with Crippen LogP contribution in [0.15, 0.2) is 94.9 Å². The summed E-state index contributed by atoms with van der Waals surface area (Å²) in [5, 5.41) is 9.58. The number of aromatic carboxylic acids is 1. The largest absolute Gasteiger partial charge is 0.487 e. The predicted molar refractivity (Wildman–Crippen MR) is 134 cm³/mol. The molecule has 7 nitrogen and oxygen atoms in total. The van der Waals surface area contributed by atoms with E-state index in [1.165, 1.54) is 12.1 Å². The summed E-state index contributed by atoms with van der Waals surface area (Å²) in [6, 6.07) is 25.5. The first-order chi connectivity index (χ1) is 17.1. The number of benzene rings is 3. The zero-order valence-corrected chi connectivity index (χ0v) is 18.7. The monoisotopic (exact) mass is 463 g/mol. The molecule has 0 radical (unpaired) electrons. The van der Waals surface area contributed by atoms with Crippen molar-refractivity contribution >= 4 is 29.8 Å². The standard InChI is InChI=1S/C28H21N3O4/c32-28(33)21-12-24-14-25(13-21)30-16-20-7-2-4-11-27(20)35-18-23-9-5-8-22(31-23)17-34-26-10-3-1-6-19(26)15-29-24/h1-16H,17-18H2,(H,32,33). The molecule has 4 bridgehead atoms. The first-order valence-electron chi connectivity index (χ1n) is 11.0. The Bertz CT molecular complexity index is 1350. The second kappa shape index (κ2) is 10.0. The Morgan fingerprint density at radius 3 is 1.71 bits per heavy atom. The highest BCUT2D eigenvalue weighted by molar-refractivity contribution is 5.92. The summed E-state index contributed by atoms with van der Waals surface area (Å²) in [4.78, 5) is 25.4. The number of carboxylic acid groups (broad SMARTS) is 1. The van der Waals surface area contributed by atoms with E-state index in [4.69, 9.17) is 9.47 Å². The highest BCUT2D eigenvalue weighted by atomic mass is 16.5. The van der Waals surface area contributed by atoms with Gasteiger partial charge in [-0.25, -0.2) is 4.79 Å². The van der Waals surface area contributed by atoms with Crippen molar-refractivity contribution in [2.75, 3.05) is 0 Å². The molecule has 172 valence electrons. The van der Waals surface area contributed by atoms with Crippen LogP contribution in [0.4, 0.5) is 11.4 Å². The third-order valence-electron chi connectivity index (χ3n) is 5.31. The van der Waals surface area contributed by atoms with Crippen LogP contribution in [0.5, 0.6) is 11.5 Å². The van der Waals surface area contributed by atoms with E-state index < -0.39 is 5.97 Å².